The maximum absolute atomic E-state index is 12.4. The highest BCUT2D eigenvalue weighted by atomic mass is 16.5. The van der Waals surface area contributed by atoms with E-state index in [1.807, 2.05) is 12.1 Å². The van der Waals surface area contributed by atoms with E-state index in [9.17, 15) is 4.79 Å². The molecule has 0 heterocycles. The number of carbonyl (C=O) groups is 1. The normalized spacial score (nSPS) is 11.5. The first-order valence-corrected chi connectivity index (χ1v) is 8.43. The van der Waals surface area contributed by atoms with Crippen LogP contribution in [-0.2, 0) is 5.41 Å². The largest absolute Gasteiger partial charge is 0.497 e. The zero-order chi connectivity index (χ0) is 19.3. The molecule has 0 amide bonds. The summed E-state index contributed by atoms with van der Waals surface area (Å²) in [6.45, 7) is 6.32. The summed E-state index contributed by atoms with van der Waals surface area (Å²) in [6.07, 6.45) is 3.32. The van der Waals surface area contributed by atoms with Crippen molar-refractivity contribution >= 4 is 11.9 Å². The number of benzene rings is 2. The molecule has 0 radical (unpaired) electrons. The monoisotopic (exact) mass is 354 g/mol. The third-order valence-electron chi connectivity index (χ3n) is 4.08. The first-order chi connectivity index (χ1) is 12.3. The fourth-order valence-electron chi connectivity index (χ4n) is 2.79. The fraction of sp³-hybridized carbons (Fsp3) is 0.318. The maximum atomic E-state index is 12.4. The number of rotatable bonds is 6. The Bertz CT molecular complexity index is 771. The molecule has 0 bridgehead atoms. The van der Waals surface area contributed by atoms with Gasteiger partial charge in [0.2, 0.25) is 0 Å². The molecule has 0 unspecified atom stereocenters. The molecule has 2 rings (SSSR count). The van der Waals surface area contributed by atoms with Crippen molar-refractivity contribution in [3.63, 3.8) is 0 Å². The van der Waals surface area contributed by atoms with Gasteiger partial charge in [0, 0.05) is 11.1 Å². The van der Waals surface area contributed by atoms with Gasteiger partial charge in [0.15, 0.2) is 5.78 Å². The Labute approximate surface area is 155 Å². The highest BCUT2D eigenvalue weighted by Gasteiger charge is 2.24. The summed E-state index contributed by atoms with van der Waals surface area (Å²) in [7, 11) is 4.87. The standard InChI is InChI=1S/C22H26O4/c1-22(2,3)21-19(25-5)13-15(14-20(21)26-6)7-12-18(23)16-8-10-17(24-4)11-9-16/h7-14H,1-6H3/b12-7+. The minimum Gasteiger partial charge on any atom is -0.497 e. The number of methoxy groups -OCH3 is 3. The Morgan fingerprint density at radius 2 is 1.42 bits per heavy atom. The Morgan fingerprint density at radius 3 is 1.85 bits per heavy atom. The predicted octanol–water partition coefficient (Wildman–Crippen LogP) is 4.91. The van der Waals surface area contributed by atoms with Gasteiger partial charge in [-0.3, -0.25) is 4.79 Å². The van der Waals surface area contributed by atoms with Gasteiger partial charge >= 0.3 is 0 Å². The molecule has 138 valence electrons. The van der Waals surface area contributed by atoms with Crippen molar-refractivity contribution in [2.75, 3.05) is 21.3 Å². The average molecular weight is 354 g/mol. The lowest BCUT2D eigenvalue weighted by Crippen LogP contribution is -2.14. The molecule has 0 aromatic heterocycles. The van der Waals surface area contributed by atoms with E-state index in [1.165, 1.54) is 0 Å². The van der Waals surface area contributed by atoms with Gasteiger partial charge in [-0.2, -0.15) is 0 Å². The van der Waals surface area contributed by atoms with Crippen molar-refractivity contribution in [1.29, 1.82) is 0 Å². The summed E-state index contributed by atoms with van der Waals surface area (Å²) in [4.78, 5) is 12.4. The van der Waals surface area contributed by atoms with Crippen molar-refractivity contribution in [1.82, 2.24) is 0 Å². The summed E-state index contributed by atoms with van der Waals surface area (Å²) in [5.74, 6) is 2.13. The van der Waals surface area contributed by atoms with Gasteiger partial charge in [-0.15, -0.1) is 0 Å². The molecule has 0 atom stereocenters. The second kappa shape index (κ2) is 8.09. The van der Waals surface area contributed by atoms with Gasteiger partial charge < -0.3 is 14.2 Å². The van der Waals surface area contributed by atoms with Gasteiger partial charge in [0.1, 0.15) is 17.2 Å². The molecular weight excluding hydrogens is 328 g/mol. The Hall–Kier alpha value is -2.75. The number of ether oxygens (including phenoxy) is 3. The zero-order valence-corrected chi connectivity index (χ0v) is 16.3. The molecule has 26 heavy (non-hydrogen) atoms. The Kier molecular flexibility index (Phi) is 6.09. The second-order valence-corrected chi connectivity index (χ2v) is 6.98. The van der Waals surface area contributed by atoms with E-state index in [0.717, 1.165) is 28.4 Å². The van der Waals surface area contributed by atoms with Gasteiger partial charge in [0.25, 0.3) is 0 Å². The number of hydrogen-bond acceptors (Lipinski definition) is 4. The minimum atomic E-state index is -0.127. The summed E-state index contributed by atoms with van der Waals surface area (Å²) >= 11 is 0. The molecule has 0 fully saturated rings. The zero-order valence-electron chi connectivity index (χ0n) is 16.3. The molecule has 0 aliphatic heterocycles. The van der Waals surface area contributed by atoms with E-state index in [4.69, 9.17) is 14.2 Å². The summed E-state index contributed by atoms with van der Waals surface area (Å²) in [5, 5.41) is 0. The van der Waals surface area contributed by atoms with Crippen LogP contribution in [0, 0.1) is 0 Å². The lowest BCUT2D eigenvalue weighted by molar-refractivity contribution is 0.104. The molecule has 0 aliphatic rings. The van der Waals surface area contributed by atoms with Crippen molar-refractivity contribution in [2.45, 2.75) is 26.2 Å². The smallest absolute Gasteiger partial charge is 0.185 e. The number of ketones is 1. The van der Waals surface area contributed by atoms with Crippen molar-refractivity contribution in [2.24, 2.45) is 0 Å². The molecule has 0 spiro atoms. The van der Waals surface area contributed by atoms with E-state index in [1.54, 1.807) is 57.7 Å². The van der Waals surface area contributed by atoms with Crippen LogP contribution in [0.4, 0.5) is 0 Å². The van der Waals surface area contributed by atoms with Gasteiger partial charge in [-0.05, 0) is 53.5 Å². The van der Waals surface area contributed by atoms with Gasteiger partial charge in [-0.1, -0.05) is 26.8 Å². The van der Waals surface area contributed by atoms with Crippen LogP contribution in [0.5, 0.6) is 17.2 Å². The molecule has 0 saturated heterocycles. The highest BCUT2D eigenvalue weighted by Crippen LogP contribution is 2.40. The lowest BCUT2D eigenvalue weighted by atomic mass is 9.84. The van der Waals surface area contributed by atoms with Crippen LogP contribution in [-0.4, -0.2) is 27.1 Å². The molecule has 4 heteroatoms. The molecule has 0 aliphatic carbocycles. The fourth-order valence-corrected chi connectivity index (χ4v) is 2.79. The Balaban J connectivity index is 2.33. The summed E-state index contributed by atoms with van der Waals surface area (Å²) in [5.41, 5.74) is 2.32. The van der Waals surface area contributed by atoms with Crippen LogP contribution in [0.3, 0.4) is 0 Å². The van der Waals surface area contributed by atoms with Crippen LogP contribution < -0.4 is 14.2 Å². The van der Waals surface area contributed by atoms with Gasteiger partial charge in [-0.25, -0.2) is 0 Å². The van der Waals surface area contributed by atoms with Crippen LogP contribution in [0.2, 0.25) is 0 Å². The molecule has 4 nitrogen and oxygen atoms in total. The highest BCUT2D eigenvalue weighted by molar-refractivity contribution is 6.06. The maximum Gasteiger partial charge on any atom is 0.185 e. The van der Waals surface area contributed by atoms with E-state index >= 15 is 0 Å². The van der Waals surface area contributed by atoms with E-state index in [0.29, 0.717) is 5.56 Å². The predicted molar refractivity (Wildman–Crippen MR) is 105 cm³/mol. The van der Waals surface area contributed by atoms with Crippen LogP contribution in [0.15, 0.2) is 42.5 Å². The lowest BCUT2D eigenvalue weighted by Gasteiger charge is -2.25. The summed E-state index contributed by atoms with van der Waals surface area (Å²) < 4.78 is 16.2. The molecule has 2 aromatic rings. The van der Waals surface area contributed by atoms with Crippen LogP contribution in [0.25, 0.3) is 6.08 Å². The number of carbonyl (C=O) groups excluding carboxylic acids is 1. The van der Waals surface area contributed by atoms with Crippen LogP contribution in [0.1, 0.15) is 42.3 Å². The van der Waals surface area contributed by atoms with E-state index < -0.39 is 0 Å². The van der Waals surface area contributed by atoms with E-state index in [2.05, 4.69) is 20.8 Å². The molecular formula is C22H26O4. The van der Waals surface area contributed by atoms with Crippen molar-refractivity contribution in [3.05, 3.63) is 59.2 Å². The van der Waals surface area contributed by atoms with Crippen LogP contribution >= 0.6 is 0 Å². The third kappa shape index (κ3) is 4.45. The topological polar surface area (TPSA) is 44.8 Å². The molecule has 0 N–H and O–H groups in total. The second-order valence-electron chi connectivity index (χ2n) is 6.98. The van der Waals surface area contributed by atoms with Crippen molar-refractivity contribution < 1.29 is 19.0 Å². The van der Waals surface area contributed by atoms with Gasteiger partial charge in [0.05, 0.1) is 21.3 Å². The first-order valence-electron chi connectivity index (χ1n) is 8.43. The first kappa shape index (κ1) is 19.6. The SMILES string of the molecule is COc1ccc(C(=O)/C=C/c2cc(OC)c(C(C)(C)C)c(OC)c2)cc1. The third-order valence-corrected chi connectivity index (χ3v) is 4.08. The molecule has 2 aromatic carbocycles. The average Bonchev–Trinajstić information content (AvgIpc) is 2.64. The molecule has 0 saturated carbocycles. The number of allylic oxidation sites excluding steroid dienone is 1. The Morgan fingerprint density at radius 1 is 0.885 bits per heavy atom. The number of hydrogen-bond donors (Lipinski definition) is 0. The summed E-state index contributed by atoms with van der Waals surface area (Å²) in [6, 6.07) is 10.9. The van der Waals surface area contributed by atoms with Crippen molar-refractivity contribution in [3.8, 4) is 17.2 Å². The minimum absolute atomic E-state index is 0.0783. The van der Waals surface area contributed by atoms with E-state index in [-0.39, 0.29) is 11.2 Å². The quantitative estimate of drug-likeness (QED) is 0.546.